The van der Waals surface area contributed by atoms with Crippen LogP contribution in [0.3, 0.4) is 0 Å². The number of likely N-dealkylation sites (tertiary alicyclic amines) is 1. The Kier molecular flexibility index (Phi) is 7.98. The number of hydrogen-bond acceptors (Lipinski definition) is 12. The number of carboxylic acids is 1. The Bertz CT molecular complexity index is 1210. The number of β-lactam (4-membered cyclic amide) rings is 1. The maximum Gasteiger partial charge on any atom is 0.353 e. The largest absolute Gasteiger partial charge is 0.477 e. The molecular formula is C24H34N8O7S. The number of Topliss-reactive ketones (excluding diaryl/α,β-unsaturated/α-hetero) is 1. The average Bonchev–Trinajstić information content (AvgIpc) is 3.67. The second kappa shape index (κ2) is 11.2. The summed E-state index contributed by atoms with van der Waals surface area (Å²) in [5.41, 5.74) is 5.87. The van der Waals surface area contributed by atoms with Gasteiger partial charge in [-0.15, -0.1) is 16.9 Å². The number of carboxylic acid groups (broad SMARTS) is 1. The van der Waals surface area contributed by atoms with Gasteiger partial charge in [0.1, 0.15) is 18.6 Å². The molecule has 15 nitrogen and oxygen atoms in total. The number of hydrogen-bond donors (Lipinski definition) is 5. The molecule has 1 aromatic rings. The van der Waals surface area contributed by atoms with Gasteiger partial charge in [-0.3, -0.25) is 14.4 Å². The molecule has 5 rings (SSSR count). The molecule has 5 heterocycles. The van der Waals surface area contributed by atoms with Gasteiger partial charge in [0.25, 0.3) is 0 Å². The first-order chi connectivity index (χ1) is 19.0. The molecule has 16 heteroatoms. The summed E-state index contributed by atoms with van der Waals surface area (Å²) in [6.07, 6.45) is 0.888. The van der Waals surface area contributed by atoms with Crippen LogP contribution in [0, 0.1) is 17.8 Å². The van der Waals surface area contributed by atoms with Crippen LogP contribution < -0.4 is 11.1 Å². The van der Waals surface area contributed by atoms with E-state index in [4.69, 9.17) is 5.73 Å². The van der Waals surface area contributed by atoms with Crippen molar-refractivity contribution in [1.82, 2.24) is 35.3 Å². The van der Waals surface area contributed by atoms with E-state index in [1.807, 2.05) is 13.8 Å². The van der Waals surface area contributed by atoms with Crippen molar-refractivity contribution in [3.63, 3.8) is 0 Å². The Balaban J connectivity index is 1.24. The van der Waals surface area contributed by atoms with Crippen LogP contribution >= 0.6 is 11.8 Å². The van der Waals surface area contributed by atoms with Crippen LogP contribution in [0.1, 0.15) is 26.7 Å². The molecule has 1 aromatic heterocycles. The second-order valence-corrected chi connectivity index (χ2v) is 12.4. The number of carbonyl (C=O) groups excluding carboxylic acids is 3. The summed E-state index contributed by atoms with van der Waals surface area (Å²) in [4.78, 5) is 54.6. The summed E-state index contributed by atoms with van der Waals surface area (Å²) in [5, 5.41) is 43.7. The first-order valence-electron chi connectivity index (χ1n) is 13.3. The van der Waals surface area contributed by atoms with E-state index < -0.39 is 42.7 Å². The number of amides is 2. The van der Waals surface area contributed by atoms with Crippen LogP contribution in [-0.2, 0) is 25.7 Å². The monoisotopic (exact) mass is 578 g/mol. The number of aliphatic hydroxyl groups excluding tert-OH is 2. The summed E-state index contributed by atoms with van der Waals surface area (Å²) in [7, 11) is 0. The van der Waals surface area contributed by atoms with Gasteiger partial charge < -0.3 is 36.2 Å². The first kappa shape index (κ1) is 28.6. The van der Waals surface area contributed by atoms with E-state index in [-0.39, 0.29) is 65.9 Å². The molecule has 4 aliphatic heterocycles. The van der Waals surface area contributed by atoms with E-state index in [0.29, 0.717) is 17.9 Å². The predicted octanol–water partition coefficient (Wildman–Crippen LogP) is -2.60. The molecule has 0 aliphatic carbocycles. The van der Waals surface area contributed by atoms with Crippen molar-refractivity contribution in [3.8, 4) is 0 Å². The number of nitrogens with one attached hydrogen (secondary N) is 1. The lowest BCUT2D eigenvalue weighted by molar-refractivity contribution is -0.160. The fourth-order valence-corrected chi connectivity index (χ4v) is 7.99. The van der Waals surface area contributed by atoms with Gasteiger partial charge >= 0.3 is 5.97 Å². The third-order valence-corrected chi connectivity index (χ3v) is 9.99. The highest BCUT2D eigenvalue weighted by atomic mass is 32.2. The van der Waals surface area contributed by atoms with E-state index in [0.717, 1.165) is 0 Å². The van der Waals surface area contributed by atoms with Gasteiger partial charge in [0, 0.05) is 35.6 Å². The highest BCUT2D eigenvalue weighted by Gasteiger charge is 2.60. The SMILES string of the molecule is C[C@H](CC(=O)Cn1cnnn1)[C@H]1C(=O)N2C(C(=O)O)=C(S[C@@H]3CN[C@H](C(=O)N4C[C@@H](N)C(O)C4CO)C3)[C@H](C)[C@H]12. The molecular weight excluding hydrogens is 544 g/mol. The van der Waals surface area contributed by atoms with Crippen LogP contribution in [0.4, 0.5) is 0 Å². The molecule has 2 unspecified atom stereocenters. The van der Waals surface area contributed by atoms with E-state index in [1.54, 1.807) is 0 Å². The van der Waals surface area contributed by atoms with Crippen LogP contribution in [0.25, 0.3) is 0 Å². The number of aromatic nitrogens is 4. The van der Waals surface area contributed by atoms with Crippen LogP contribution in [-0.4, -0.2) is 124 Å². The number of carbonyl (C=O) groups is 4. The molecule has 0 aromatic carbocycles. The first-order valence-corrected chi connectivity index (χ1v) is 14.2. The van der Waals surface area contributed by atoms with Crippen molar-refractivity contribution in [3.05, 3.63) is 16.9 Å². The Morgan fingerprint density at radius 3 is 2.73 bits per heavy atom. The Morgan fingerprint density at radius 2 is 2.08 bits per heavy atom. The van der Waals surface area contributed by atoms with E-state index in [1.165, 1.54) is 32.6 Å². The summed E-state index contributed by atoms with van der Waals surface area (Å²) in [6, 6.07) is -2.32. The van der Waals surface area contributed by atoms with Crippen molar-refractivity contribution in [2.75, 3.05) is 19.7 Å². The lowest BCUT2D eigenvalue weighted by Gasteiger charge is -2.47. The van der Waals surface area contributed by atoms with E-state index in [9.17, 15) is 34.5 Å². The zero-order valence-corrected chi connectivity index (χ0v) is 23.0. The number of ketones is 1. The molecule has 9 atom stereocenters. The highest BCUT2D eigenvalue weighted by Crippen LogP contribution is 2.53. The number of aliphatic carboxylic acids is 1. The van der Waals surface area contributed by atoms with Crippen molar-refractivity contribution in [2.45, 2.75) is 68.8 Å². The van der Waals surface area contributed by atoms with Crippen LogP contribution in [0.15, 0.2) is 16.9 Å². The zero-order chi connectivity index (χ0) is 28.9. The molecule has 4 aliphatic rings. The maximum atomic E-state index is 13.2. The number of nitrogens with zero attached hydrogens (tertiary/aromatic N) is 6. The van der Waals surface area contributed by atoms with Crippen LogP contribution in [0.2, 0.25) is 0 Å². The van der Waals surface area contributed by atoms with Crippen molar-refractivity contribution in [2.24, 2.45) is 23.5 Å². The van der Waals surface area contributed by atoms with Gasteiger partial charge in [0.05, 0.1) is 42.8 Å². The number of thioether (sulfide) groups is 1. The van der Waals surface area contributed by atoms with Gasteiger partial charge in [-0.1, -0.05) is 13.8 Å². The van der Waals surface area contributed by atoms with Gasteiger partial charge in [0.15, 0.2) is 5.78 Å². The van der Waals surface area contributed by atoms with E-state index >= 15 is 0 Å². The predicted molar refractivity (Wildman–Crippen MR) is 139 cm³/mol. The Morgan fingerprint density at radius 1 is 1.32 bits per heavy atom. The smallest absolute Gasteiger partial charge is 0.353 e. The summed E-state index contributed by atoms with van der Waals surface area (Å²) in [5.74, 6) is -2.91. The lowest BCUT2D eigenvalue weighted by Crippen LogP contribution is -2.62. The quantitative estimate of drug-likeness (QED) is 0.180. The molecule has 3 fully saturated rings. The number of aliphatic hydroxyl groups is 2. The van der Waals surface area contributed by atoms with Crippen molar-refractivity contribution < 1.29 is 34.5 Å². The maximum absolute atomic E-state index is 13.2. The molecule has 0 spiro atoms. The lowest BCUT2D eigenvalue weighted by atomic mass is 9.73. The molecule has 3 saturated heterocycles. The normalized spacial score (nSPS) is 34.3. The minimum atomic E-state index is -1.18. The molecule has 218 valence electrons. The molecule has 6 N–H and O–H groups in total. The van der Waals surface area contributed by atoms with Crippen molar-refractivity contribution >= 4 is 35.3 Å². The highest BCUT2D eigenvalue weighted by molar-refractivity contribution is 8.03. The number of nitrogens with two attached hydrogens (primary N) is 1. The van der Waals surface area contributed by atoms with Gasteiger partial charge in [-0.25, -0.2) is 9.48 Å². The summed E-state index contributed by atoms with van der Waals surface area (Å²) < 4.78 is 1.32. The number of tetrazole rings is 1. The fourth-order valence-electron chi connectivity index (χ4n) is 6.51. The fraction of sp³-hybridized carbons (Fsp3) is 0.708. The third kappa shape index (κ3) is 4.91. The molecule has 0 radical (unpaired) electrons. The Labute approximate surface area is 234 Å². The molecule has 40 heavy (non-hydrogen) atoms. The topological polar surface area (TPSA) is 217 Å². The summed E-state index contributed by atoms with van der Waals surface area (Å²) in [6.45, 7) is 3.91. The molecule has 0 saturated carbocycles. The van der Waals surface area contributed by atoms with Crippen molar-refractivity contribution in [1.29, 1.82) is 0 Å². The standard InChI is InChI=1S/C24H34N8O7S/c1-10(3-12(34)6-30-9-27-28-29-30)17-18-11(2)21(19(24(38)39)32(18)23(17)37)40-13-4-15(26-5-13)22(36)31-7-14(25)20(35)16(31)8-33/h9-11,13-18,20,26,33,35H,3-8,25H2,1-2H3,(H,38,39)/t10-,11-,13+,14-,15+,16?,17-,18-,20?/m1/s1. The van der Waals surface area contributed by atoms with E-state index in [2.05, 4.69) is 20.8 Å². The second-order valence-electron chi connectivity index (χ2n) is 11.1. The van der Waals surface area contributed by atoms with Gasteiger partial charge in [-0.2, -0.15) is 0 Å². The van der Waals surface area contributed by atoms with Gasteiger partial charge in [-0.05, 0) is 22.8 Å². The minimum Gasteiger partial charge on any atom is -0.477 e. The molecule has 0 bridgehead atoms. The molecule has 2 amide bonds. The van der Waals surface area contributed by atoms with Crippen LogP contribution in [0.5, 0.6) is 0 Å². The Hall–Kier alpha value is -2.92. The summed E-state index contributed by atoms with van der Waals surface area (Å²) >= 11 is 1.37. The average molecular weight is 579 g/mol. The number of rotatable bonds is 10. The number of fused-ring (bicyclic) bond motifs is 1. The minimum absolute atomic E-state index is 0.00213. The van der Waals surface area contributed by atoms with Gasteiger partial charge in [0.2, 0.25) is 11.8 Å². The third-order valence-electron chi connectivity index (χ3n) is 8.48. The zero-order valence-electron chi connectivity index (χ0n) is 22.2.